The van der Waals surface area contributed by atoms with Gasteiger partial charge in [-0.2, -0.15) is 0 Å². The third-order valence-corrected chi connectivity index (χ3v) is 3.10. The average Bonchev–Trinajstić information content (AvgIpc) is 2.41. The SMILES string of the molecule is CCNCc1cccc(CN(CCOC)C(C)C)n1. The quantitative estimate of drug-likeness (QED) is 0.741. The van der Waals surface area contributed by atoms with E-state index in [1.807, 2.05) is 0 Å². The van der Waals surface area contributed by atoms with Gasteiger partial charge >= 0.3 is 0 Å². The van der Waals surface area contributed by atoms with Crippen molar-refractivity contribution in [3.05, 3.63) is 29.6 Å². The first kappa shape index (κ1) is 16.1. The van der Waals surface area contributed by atoms with Gasteiger partial charge in [0.15, 0.2) is 0 Å². The maximum absolute atomic E-state index is 5.16. The number of nitrogens with zero attached hydrogens (tertiary/aromatic N) is 2. The highest BCUT2D eigenvalue weighted by atomic mass is 16.5. The first-order valence-corrected chi connectivity index (χ1v) is 7.05. The van der Waals surface area contributed by atoms with Crippen LogP contribution >= 0.6 is 0 Å². The topological polar surface area (TPSA) is 37.4 Å². The average molecular weight is 265 g/mol. The third-order valence-electron chi connectivity index (χ3n) is 3.10. The lowest BCUT2D eigenvalue weighted by Crippen LogP contribution is -2.33. The van der Waals surface area contributed by atoms with Gasteiger partial charge < -0.3 is 10.1 Å². The first-order chi connectivity index (χ1) is 9.17. The number of pyridine rings is 1. The summed E-state index contributed by atoms with van der Waals surface area (Å²) in [6, 6.07) is 6.75. The van der Waals surface area contributed by atoms with E-state index in [0.29, 0.717) is 6.04 Å². The van der Waals surface area contributed by atoms with E-state index in [9.17, 15) is 0 Å². The Morgan fingerprint density at radius 2 is 2.05 bits per heavy atom. The summed E-state index contributed by atoms with van der Waals surface area (Å²) in [5.41, 5.74) is 2.23. The molecule has 0 unspecified atom stereocenters. The van der Waals surface area contributed by atoms with Crippen LogP contribution in [0.1, 0.15) is 32.2 Å². The summed E-state index contributed by atoms with van der Waals surface area (Å²) in [7, 11) is 1.74. The molecule has 0 saturated carbocycles. The van der Waals surface area contributed by atoms with E-state index in [2.05, 4.69) is 49.2 Å². The molecule has 0 aliphatic heterocycles. The van der Waals surface area contributed by atoms with Crippen molar-refractivity contribution in [3.8, 4) is 0 Å². The number of ether oxygens (including phenoxy) is 1. The molecule has 1 rings (SSSR count). The summed E-state index contributed by atoms with van der Waals surface area (Å²) in [6.45, 7) is 10.9. The number of rotatable bonds is 9. The van der Waals surface area contributed by atoms with E-state index >= 15 is 0 Å². The molecule has 0 aliphatic rings. The van der Waals surface area contributed by atoms with Crippen molar-refractivity contribution in [2.24, 2.45) is 0 Å². The molecule has 0 spiro atoms. The van der Waals surface area contributed by atoms with Crippen LogP contribution in [-0.4, -0.2) is 42.7 Å². The van der Waals surface area contributed by atoms with Crippen LogP contribution in [0.15, 0.2) is 18.2 Å². The molecule has 1 aromatic heterocycles. The van der Waals surface area contributed by atoms with Crippen molar-refractivity contribution in [3.63, 3.8) is 0 Å². The van der Waals surface area contributed by atoms with Crippen LogP contribution in [0.4, 0.5) is 0 Å². The molecule has 4 nitrogen and oxygen atoms in total. The smallest absolute Gasteiger partial charge is 0.0589 e. The van der Waals surface area contributed by atoms with Gasteiger partial charge in [-0.25, -0.2) is 0 Å². The maximum atomic E-state index is 5.16. The molecule has 0 aliphatic carbocycles. The van der Waals surface area contributed by atoms with E-state index in [-0.39, 0.29) is 0 Å². The first-order valence-electron chi connectivity index (χ1n) is 7.05. The minimum Gasteiger partial charge on any atom is -0.383 e. The molecule has 0 atom stereocenters. The van der Waals surface area contributed by atoms with Crippen molar-refractivity contribution in [2.45, 2.75) is 39.9 Å². The summed E-state index contributed by atoms with van der Waals surface area (Å²) >= 11 is 0. The summed E-state index contributed by atoms with van der Waals surface area (Å²) in [4.78, 5) is 7.07. The Morgan fingerprint density at radius 1 is 1.32 bits per heavy atom. The molecule has 0 bridgehead atoms. The fourth-order valence-electron chi connectivity index (χ4n) is 1.91. The molecule has 4 heteroatoms. The Hall–Kier alpha value is -0.970. The number of hydrogen-bond acceptors (Lipinski definition) is 4. The van der Waals surface area contributed by atoms with Crippen LogP contribution < -0.4 is 5.32 Å². The van der Waals surface area contributed by atoms with Gasteiger partial charge in [0.2, 0.25) is 0 Å². The molecule has 1 heterocycles. The monoisotopic (exact) mass is 265 g/mol. The summed E-state index contributed by atoms with van der Waals surface area (Å²) in [5, 5.41) is 3.31. The highest BCUT2D eigenvalue weighted by molar-refractivity contribution is 5.11. The maximum Gasteiger partial charge on any atom is 0.0589 e. The Balaban J connectivity index is 2.62. The number of methoxy groups -OCH3 is 1. The van der Waals surface area contributed by atoms with Gasteiger partial charge in [0, 0.05) is 32.8 Å². The van der Waals surface area contributed by atoms with E-state index in [1.54, 1.807) is 7.11 Å². The molecule has 0 amide bonds. The zero-order valence-electron chi connectivity index (χ0n) is 12.6. The van der Waals surface area contributed by atoms with E-state index < -0.39 is 0 Å². The van der Waals surface area contributed by atoms with Crippen LogP contribution in [-0.2, 0) is 17.8 Å². The van der Waals surface area contributed by atoms with E-state index in [1.165, 1.54) is 0 Å². The predicted molar refractivity (Wildman–Crippen MR) is 79.0 cm³/mol. The van der Waals surface area contributed by atoms with Crippen LogP contribution in [0.5, 0.6) is 0 Å². The Bertz CT molecular complexity index is 355. The lowest BCUT2D eigenvalue weighted by molar-refractivity contribution is 0.124. The second kappa shape index (κ2) is 9.02. The van der Waals surface area contributed by atoms with Gasteiger partial charge in [-0.15, -0.1) is 0 Å². The van der Waals surface area contributed by atoms with Gasteiger partial charge in [0.1, 0.15) is 0 Å². The minimum atomic E-state index is 0.495. The highest BCUT2D eigenvalue weighted by Gasteiger charge is 2.10. The largest absolute Gasteiger partial charge is 0.383 e. The Morgan fingerprint density at radius 3 is 2.68 bits per heavy atom. The number of nitrogens with one attached hydrogen (secondary N) is 1. The molecule has 0 saturated heterocycles. The second-order valence-corrected chi connectivity index (χ2v) is 4.96. The normalized spacial score (nSPS) is 11.5. The van der Waals surface area contributed by atoms with Gasteiger partial charge in [-0.3, -0.25) is 9.88 Å². The van der Waals surface area contributed by atoms with Crippen molar-refractivity contribution in [2.75, 3.05) is 26.8 Å². The molecule has 0 fully saturated rings. The molecular formula is C15H27N3O. The van der Waals surface area contributed by atoms with Crippen molar-refractivity contribution in [1.82, 2.24) is 15.2 Å². The van der Waals surface area contributed by atoms with Crippen LogP contribution in [0, 0.1) is 0 Å². The van der Waals surface area contributed by atoms with Crippen LogP contribution in [0.3, 0.4) is 0 Å². The van der Waals surface area contributed by atoms with Crippen molar-refractivity contribution < 1.29 is 4.74 Å². The summed E-state index contributed by atoms with van der Waals surface area (Å²) in [5.74, 6) is 0. The van der Waals surface area contributed by atoms with Crippen molar-refractivity contribution in [1.29, 1.82) is 0 Å². The van der Waals surface area contributed by atoms with Gasteiger partial charge in [-0.1, -0.05) is 13.0 Å². The molecule has 1 aromatic rings. The molecule has 108 valence electrons. The van der Waals surface area contributed by atoms with Gasteiger partial charge in [0.05, 0.1) is 18.0 Å². The molecule has 1 N–H and O–H groups in total. The zero-order chi connectivity index (χ0) is 14.1. The molecular weight excluding hydrogens is 238 g/mol. The molecule has 0 radical (unpaired) electrons. The van der Waals surface area contributed by atoms with E-state index in [4.69, 9.17) is 9.72 Å². The van der Waals surface area contributed by atoms with Crippen LogP contribution in [0.25, 0.3) is 0 Å². The third kappa shape index (κ3) is 6.14. The van der Waals surface area contributed by atoms with Gasteiger partial charge in [0.25, 0.3) is 0 Å². The van der Waals surface area contributed by atoms with Crippen LogP contribution in [0.2, 0.25) is 0 Å². The minimum absolute atomic E-state index is 0.495. The van der Waals surface area contributed by atoms with Gasteiger partial charge in [-0.05, 0) is 32.5 Å². The number of hydrogen-bond donors (Lipinski definition) is 1. The van der Waals surface area contributed by atoms with Crippen molar-refractivity contribution >= 4 is 0 Å². The highest BCUT2D eigenvalue weighted by Crippen LogP contribution is 2.07. The van der Waals surface area contributed by atoms with E-state index in [0.717, 1.165) is 44.2 Å². The lowest BCUT2D eigenvalue weighted by Gasteiger charge is -2.25. The summed E-state index contributed by atoms with van der Waals surface area (Å²) in [6.07, 6.45) is 0. The molecule has 19 heavy (non-hydrogen) atoms. The lowest BCUT2D eigenvalue weighted by atomic mass is 10.2. The summed E-state index contributed by atoms with van der Waals surface area (Å²) < 4.78 is 5.16. The Labute approximate surface area is 117 Å². The predicted octanol–water partition coefficient (Wildman–Crippen LogP) is 2.05. The standard InChI is InChI=1S/C15H27N3O/c1-5-16-11-14-7-6-8-15(17-14)12-18(13(2)3)9-10-19-4/h6-8,13,16H,5,9-12H2,1-4H3. The molecule has 0 aromatic carbocycles. The Kier molecular flexibility index (Phi) is 7.63. The fourth-order valence-corrected chi connectivity index (χ4v) is 1.91. The fraction of sp³-hybridized carbons (Fsp3) is 0.667. The number of aromatic nitrogens is 1. The zero-order valence-corrected chi connectivity index (χ0v) is 12.6. The second-order valence-electron chi connectivity index (χ2n) is 4.96.